The highest BCUT2D eigenvalue weighted by Crippen LogP contribution is 2.29. The van der Waals surface area contributed by atoms with Crippen molar-refractivity contribution >= 4 is 22.3 Å². The highest BCUT2D eigenvalue weighted by Gasteiger charge is 2.21. The zero-order valence-electron chi connectivity index (χ0n) is 11.5. The van der Waals surface area contributed by atoms with E-state index in [1.54, 1.807) is 0 Å². The maximum Gasteiger partial charge on any atom is 0.0980 e. The van der Waals surface area contributed by atoms with Crippen molar-refractivity contribution in [3.8, 4) is 0 Å². The lowest BCUT2D eigenvalue weighted by Gasteiger charge is -2.34. The Hall–Kier alpha value is -1.85. The Balaban J connectivity index is 2.07. The number of morpholine rings is 1. The molecule has 1 aliphatic heterocycles. The summed E-state index contributed by atoms with van der Waals surface area (Å²) in [6, 6.07) is 7.85. The number of aryl methyl sites for hydroxylation is 1. The van der Waals surface area contributed by atoms with Crippen molar-refractivity contribution in [1.29, 1.82) is 0 Å². The van der Waals surface area contributed by atoms with Gasteiger partial charge in [0.05, 0.1) is 24.8 Å². The lowest BCUT2D eigenvalue weighted by Crippen LogP contribution is -2.44. The fraction of sp³-hybridized carbons (Fsp3) is 0.400. The smallest absolute Gasteiger partial charge is 0.0980 e. The first-order valence-corrected chi connectivity index (χ1v) is 6.81. The zero-order valence-corrected chi connectivity index (χ0v) is 11.5. The molecule has 0 spiro atoms. The summed E-state index contributed by atoms with van der Waals surface area (Å²) < 4.78 is 5.51. The largest absolute Gasteiger partial charge is 0.399 e. The molecule has 1 aromatic heterocycles. The van der Waals surface area contributed by atoms with Crippen LogP contribution in [0.3, 0.4) is 0 Å². The predicted molar refractivity (Wildman–Crippen MR) is 79.9 cm³/mol. The van der Waals surface area contributed by atoms with Crippen molar-refractivity contribution < 1.29 is 9.84 Å². The molecule has 1 fully saturated rings. The van der Waals surface area contributed by atoms with Crippen molar-refractivity contribution in [3.05, 3.63) is 30.0 Å². The van der Waals surface area contributed by atoms with E-state index < -0.39 is 0 Å². The Morgan fingerprint density at radius 3 is 3.10 bits per heavy atom. The molecule has 1 saturated heterocycles. The van der Waals surface area contributed by atoms with Gasteiger partial charge in [0.1, 0.15) is 0 Å². The van der Waals surface area contributed by atoms with Crippen LogP contribution in [0.2, 0.25) is 0 Å². The van der Waals surface area contributed by atoms with E-state index >= 15 is 0 Å². The van der Waals surface area contributed by atoms with Crippen LogP contribution in [-0.4, -0.2) is 42.5 Å². The molecule has 0 radical (unpaired) electrons. The molecule has 0 saturated carbocycles. The average molecular weight is 273 g/mol. The number of nitrogen functional groups attached to an aromatic ring is 1. The fourth-order valence-corrected chi connectivity index (χ4v) is 2.66. The number of pyridine rings is 1. The molecule has 5 heteroatoms. The van der Waals surface area contributed by atoms with E-state index in [2.05, 4.69) is 16.0 Å². The summed E-state index contributed by atoms with van der Waals surface area (Å²) in [6.07, 6.45) is -0.131. The Kier molecular flexibility index (Phi) is 3.46. The molecular formula is C15H19N3O2. The molecule has 1 unspecified atom stereocenters. The van der Waals surface area contributed by atoms with Gasteiger partial charge < -0.3 is 20.5 Å². The zero-order chi connectivity index (χ0) is 14.1. The van der Waals surface area contributed by atoms with Gasteiger partial charge in [-0.25, -0.2) is 0 Å². The number of aliphatic hydroxyl groups is 1. The van der Waals surface area contributed by atoms with Gasteiger partial charge in [0.25, 0.3) is 0 Å². The van der Waals surface area contributed by atoms with Gasteiger partial charge in [0, 0.05) is 35.5 Å². The minimum absolute atomic E-state index is 0.0423. The SMILES string of the molecule is Cc1cc(N2CCOC(CO)C2)c2cc(N)ccc2n1. The highest BCUT2D eigenvalue weighted by molar-refractivity contribution is 5.94. The summed E-state index contributed by atoms with van der Waals surface area (Å²) >= 11 is 0. The average Bonchev–Trinajstić information content (AvgIpc) is 2.47. The summed E-state index contributed by atoms with van der Waals surface area (Å²) in [4.78, 5) is 6.79. The first kappa shape index (κ1) is 13.1. The molecule has 106 valence electrons. The minimum atomic E-state index is -0.131. The van der Waals surface area contributed by atoms with Gasteiger partial charge in [-0.2, -0.15) is 0 Å². The molecule has 1 aliphatic rings. The van der Waals surface area contributed by atoms with Gasteiger partial charge >= 0.3 is 0 Å². The van der Waals surface area contributed by atoms with Crippen LogP contribution in [0.5, 0.6) is 0 Å². The first-order chi connectivity index (χ1) is 9.67. The van der Waals surface area contributed by atoms with E-state index in [-0.39, 0.29) is 12.7 Å². The van der Waals surface area contributed by atoms with Crippen LogP contribution in [0.1, 0.15) is 5.69 Å². The molecule has 2 heterocycles. The molecule has 0 amide bonds. The van der Waals surface area contributed by atoms with Crippen molar-refractivity contribution in [2.45, 2.75) is 13.0 Å². The summed E-state index contributed by atoms with van der Waals surface area (Å²) in [5.41, 5.74) is 9.67. The van der Waals surface area contributed by atoms with Crippen LogP contribution < -0.4 is 10.6 Å². The molecular weight excluding hydrogens is 254 g/mol. The van der Waals surface area contributed by atoms with Crippen LogP contribution in [0, 0.1) is 6.92 Å². The Morgan fingerprint density at radius 1 is 1.45 bits per heavy atom. The number of ether oxygens (including phenoxy) is 1. The number of aliphatic hydroxyl groups excluding tert-OH is 1. The van der Waals surface area contributed by atoms with Gasteiger partial charge in [0.15, 0.2) is 0 Å². The number of aromatic nitrogens is 1. The maximum atomic E-state index is 9.28. The van der Waals surface area contributed by atoms with Gasteiger partial charge in [-0.15, -0.1) is 0 Å². The number of fused-ring (bicyclic) bond motifs is 1. The van der Waals surface area contributed by atoms with Crippen LogP contribution in [-0.2, 0) is 4.74 Å². The number of nitrogens with zero attached hydrogens (tertiary/aromatic N) is 2. The molecule has 20 heavy (non-hydrogen) atoms. The molecule has 3 N–H and O–H groups in total. The van der Waals surface area contributed by atoms with E-state index in [1.807, 2.05) is 25.1 Å². The number of benzene rings is 1. The third-order valence-corrected chi connectivity index (χ3v) is 3.62. The molecule has 0 aliphatic carbocycles. The monoisotopic (exact) mass is 273 g/mol. The van der Waals surface area contributed by atoms with E-state index in [0.29, 0.717) is 13.2 Å². The number of hydrogen-bond donors (Lipinski definition) is 2. The number of nitrogens with two attached hydrogens (primary N) is 1. The number of anilines is 2. The van der Waals surface area contributed by atoms with Crippen LogP contribution in [0.15, 0.2) is 24.3 Å². The van der Waals surface area contributed by atoms with E-state index in [4.69, 9.17) is 10.5 Å². The second-order valence-electron chi connectivity index (χ2n) is 5.18. The third-order valence-electron chi connectivity index (χ3n) is 3.62. The van der Waals surface area contributed by atoms with E-state index in [1.165, 1.54) is 0 Å². The van der Waals surface area contributed by atoms with Crippen LogP contribution in [0.4, 0.5) is 11.4 Å². The predicted octanol–water partition coefficient (Wildman–Crippen LogP) is 1.32. The van der Waals surface area contributed by atoms with E-state index in [0.717, 1.165) is 34.5 Å². The molecule has 2 aromatic rings. The lowest BCUT2D eigenvalue weighted by atomic mass is 10.1. The van der Waals surface area contributed by atoms with Crippen LogP contribution >= 0.6 is 0 Å². The molecule has 1 aromatic carbocycles. The molecule has 1 atom stereocenters. The summed E-state index contributed by atoms with van der Waals surface area (Å²) in [5.74, 6) is 0. The fourth-order valence-electron chi connectivity index (χ4n) is 2.66. The Labute approximate surface area is 118 Å². The number of rotatable bonds is 2. The number of hydrogen-bond acceptors (Lipinski definition) is 5. The summed E-state index contributed by atoms with van der Waals surface area (Å²) in [7, 11) is 0. The Bertz CT molecular complexity index is 630. The summed E-state index contributed by atoms with van der Waals surface area (Å²) in [6.45, 7) is 4.15. The molecule has 3 rings (SSSR count). The Morgan fingerprint density at radius 2 is 2.30 bits per heavy atom. The normalized spacial score (nSPS) is 19.5. The topological polar surface area (TPSA) is 71.6 Å². The van der Waals surface area contributed by atoms with Gasteiger partial charge in [-0.1, -0.05) is 0 Å². The maximum absolute atomic E-state index is 9.28. The summed E-state index contributed by atoms with van der Waals surface area (Å²) in [5, 5.41) is 10.3. The van der Waals surface area contributed by atoms with Gasteiger partial charge in [-0.3, -0.25) is 4.98 Å². The third kappa shape index (κ3) is 2.42. The second kappa shape index (κ2) is 5.26. The lowest BCUT2D eigenvalue weighted by molar-refractivity contribution is 0.00363. The van der Waals surface area contributed by atoms with Crippen molar-refractivity contribution in [1.82, 2.24) is 4.98 Å². The van der Waals surface area contributed by atoms with Gasteiger partial charge in [-0.05, 0) is 31.2 Å². The molecule has 5 nitrogen and oxygen atoms in total. The van der Waals surface area contributed by atoms with Crippen molar-refractivity contribution in [2.75, 3.05) is 36.9 Å². The second-order valence-corrected chi connectivity index (χ2v) is 5.18. The highest BCUT2D eigenvalue weighted by atomic mass is 16.5. The molecule has 0 bridgehead atoms. The minimum Gasteiger partial charge on any atom is -0.399 e. The van der Waals surface area contributed by atoms with Gasteiger partial charge in [0.2, 0.25) is 0 Å². The standard InChI is InChI=1S/C15H19N3O2/c1-10-6-15(18-4-5-20-12(8-18)9-19)13-7-11(16)2-3-14(13)17-10/h2-3,6-7,12,19H,4-5,8-9,16H2,1H3. The van der Waals surface area contributed by atoms with E-state index in [9.17, 15) is 5.11 Å². The van der Waals surface area contributed by atoms with Crippen molar-refractivity contribution in [3.63, 3.8) is 0 Å². The first-order valence-electron chi connectivity index (χ1n) is 6.81. The van der Waals surface area contributed by atoms with Crippen molar-refractivity contribution in [2.24, 2.45) is 0 Å². The van der Waals surface area contributed by atoms with Crippen LogP contribution in [0.25, 0.3) is 10.9 Å². The quantitative estimate of drug-likeness (QED) is 0.808.